The van der Waals surface area contributed by atoms with Gasteiger partial charge in [0.15, 0.2) is 0 Å². The van der Waals surface area contributed by atoms with Crippen LogP contribution in [-0.4, -0.2) is 24.1 Å². The molecule has 0 bridgehead atoms. The van der Waals surface area contributed by atoms with E-state index in [1.807, 2.05) is 65.6 Å². The van der Waals surface area contributed by atoms with Crippen LogP contribution in [0.3, 0.4) is 0 Å². The summed E-state index contributed by atoms with van der Waals surface area (Å²) in [5.74, 6) is -0.0174. The van der Waals surface area contributed by atoms with Crippen LogP contribution in [0.15, 0.2) is 60.7 Å². The third-order valence-corrected chi connectivity index (χ3v) is 3.72. The SMILES string of the molecule is COC(N(Cc1ccccc1)C(=O)c1ccccc1)C(C)(C)C. The van der Waals surface area contributed by atoms with Crippen LogP contribution in [0.1, 0.15) is 36.7 Å². The van der Waals surface area contributed by atoms with Crippen molar-refractivity contribution in [2.24, 2.45) is 5.41 Å². The smallest absolute Gasteiger partial charge is 0.256 e. The van der Waals surface area contributed by atoms with Gasteiger partial charge in [-0.1, -0.05) is 69.3 Å². The molecule has 1 amide bonds. The first kappa shape index (κ1) is 17.2. The fourth-order valence-corrected chi connectivity index (χ4v) is 2.74. The Labute approximate surface area is 138 Å². The zero-order valence-electron chi connectivity index (χ0n) is 14.3. The highest BCUT2D eigenvalue weighted by Crippen LogP contribution is 2.27. The van der Waals surface area contributed by atoms with Gasteiger partial charge in [0.2, 0.25) is 0 Å². The van der Waals surface area contributed by atoms with Crippen molar-refractivity contribution < 1.29 is 9.53 Å². The number of nitrogens with zero attached hydrogens (tertiary/aromatic N) is 1. The van der Waals surface area contributed by atoms with Crippen LogP contribution in [0.2, 0.25) is 0 Å². The minimum atomic E-state index is -0.310. The Hall–Kier alpha value is -2.13. The van der Waals surface area contributed by atoms with E-state index in [0.29, 0.717) is 12.1 Å². The average Bonchev–Trinajstić information content (AvgIpc) is 2.54. The largest absolute Gasteiger partial charge is 0.361 e. The first-order valence-corrected chi connectivity index (χ1v) is 7.86. The zero-order chi connectivity index (χ0) is 16.9. The molecule has 0 aromatic heterocycles. The highest BCUT2D eigenvalue weighted by molar-refractivity contribution is 5.94. The molecule has 122 valence electrons. The predicted molar refractivity (Wildman–Crippen MR) is 93.0 cm³/mol. The van der Waals surface area contributed by atoms with Crippen LogP contribution in [0, 0.1) is 5.41 Å². The number of hydrogen-bond donors (Lipinski definition) is 0. The third kappa shape index (κ3) is 4.42. The maximum atomic E-state index is 13.0. The van der Waals surface area contributed by atoms with Crippen LogP contribution < -0.4 is 0 Å². The van der Waals surface area contributed by atoms with Gasteiger partial charge >= 0.3 is 0 Å². The van der Waals surface area contributed by atoms with Crippen LogP contribution in [-0.2, 0) is 11.3 Å². The maximum Gasteiger partial charge on any atom is 0.256 e. The summed E-state index contributed by atoms with van der Waals surface area (Å²) >= 11 is 0. The molecule has 3 nitrogen and oxygen atoms in total. The van der Waals surface area contributed by atoms with E-state index in [9.17, 15) is 4.79 Å². The molecule has 0 aliphatic heterocycles. The standard InChI is InChI=1S/C20H25NO2/c1-20(2,3)19(23-4)21(15-16-11-7-5-8-12-16)18(22)17-13-9-6-10-14-17/h5-14,19H,15H2,1-4H3. The molecule has 0 spiro atoms. The summed E-state index contributed by atoms with van der Waals surface area (Å²) in [6, 6.07) is 19.4. The van der Waals surface area contributed by atoms with Gasteiger partial charge in [-0.3, -0.25) is 4.79 Å². The molecule has 0 heterocycles. The van der Waals surface area contributed by atoms with Crippen LogP contribution in [0.4, 0.5) is 0 Å². The van der Waals surface area contributed by atoms with E-state index in [2.05, 4.69) is 20.8 Å². The number of hydrogen-bond acceptors (Lipinski definition) is 2. The van der Waals surface area contributed by atoms with Crippen LogP contribution in [0.25, 0.3) is 0 Å². The normalized spacial score (nSPS) is 12.7. The molecule has 2 aromatic rings. The van der Waals surface area contributed by atoms with Gasteiger partial charge in [0.1, 0.15) is 6.23 Å². The number of carbonyl (C=O) groups is 1. The van der Waals surface area contributed by atoms with Crippen molar-refractivity contribution in [3.8, 4) is 0 Å². The molecule has 0 saturated heterocycles. The summed E-state index contributed by atoms with van der Waals surface area (Å²) in [6.07, 6.45) is -0.310. The summed E-state index contributed by atoms with van der Waals surface area (Å²) in [6.45, 7) is 6.76. The number of benzene rings is 2. The number of ether oxygens (including phenoxy) is 1. The van der Waals surface area contributed by atoms with Gasteiger partial charge in [0.05, 0.1) is 0 Å². The lowest BCUT2D eigenvalue weighted by Gasteiger charge is -2.39. The minimum Gasteiger partial charge on any atom is -0.361 e. The molecule has 0 aliphatic rings. The number of rotatable bonds is 5. The number of methoxy groups -OCH3 is 1. The van der Waals surface area contributed by atoms with E-state index >= 15 is 0 Å². The molecule has 0 aliphatic carbocycles. The molecule has 2 aromatic carbocycles. The van der Waals surface area contributed by atoms with Gasteiger partial charge in [-0.05, 0) is 17.7 Å². The Kier molecular flexibility index (Phi) is 5.56. The zero-order valence-corrected chi connectivity index (χ0v) is 14.3. The van der Waals surface area contributed by atoms with E-state index in [1.165, 1.54) is 0 Å². The van der Waals surface area contributed by atoms with Gasteiger partial charge in [-0.2, -0.15) is 0 Å². The second kappa shape index (κ2) is 7.42. The lowest BCUT2D eigenvalue weighted by atomic mass is 9.92. The predicted octanol–water partition coefficient (Wildman–Crippen LogP) is 4.35. The first-order valence-electron chi connectivity index (χ1n) is 7.86. The van der Waals surface area contributed by atoms with Crippen molar-refractivity contribution >= 4 is 5.91 Å². The third-order valence-electron chi connectivity index (χ3n) is 3.72. The number of carbonyl (C=O) groups excluding carboxylic acids is 1. The van der Waals surface area contributed by atoms with Crippen LogP contribution in [0.5, 0.6) is 0 Å². The van der Waals surface area contributed by atoms with Gasteiger partial charge in [-0.25, -0.2) is 0 Å². The van der Waals surface area contributed by atoms with E-state index < -0.39 is 0 Å². The molecule has 23 heavy (non-hydrogen) atoms. The van der Waals surface area contributed by atoms with Gasteiger partial charge < -0.3 is 9.64 Å². The average molecular weight is 311 g/mol. The Morgan fingerprint density at radius 2 is 1.52 bits per heavy atom. The topological polar surface area (TPSA) is 29.5 Å². The monoisotopic (exact) mass is 311 g/mol. The molecule has 0 fully saturated rings. The fraction of sp³-hybridized carbons (Fsp3) is 0.350. The van der Waals surface area contributed by atoms with Crippen molar-refractivity contribution in [1.29, 1.82) is 0 Å². The Morgan fingerprint density at radius 3 is 2.00 bits per heavy atom. The van der Waals surface area contributed by atoms with Crippen molar-refractivity contribution in [2.75, 3.05) is 7.11 Å². The molecule has 1 unspecified atom stereocenters. The molecule has 0 radical (unpaired) electrons. The highest BCUT2D eigenvalue weighted by atomic mass is 16.5. The lowest BCUT2D eigenvalue weighted by molar-refractivity contribution is -0.0845. The highest BCUT2D eigenvalue weighted by Gasteiger charge is 2.34. The molecule has 0 N–H and O–H groups in total. The summed E-state index contributed by atoms with van der Waals surface area (Å²) in [4.78, 5) is 14.9. The minimum absolute atomic E-state index is 0.0174. The quantitative estimate of drug-likeness (QED) is 0.768. The van der Waals surface area contributed by atoms with Gasteiger partial charge in [-0.15, -0.1) is 0 Å². The van der Waals surface area contributed by atoms with Gasteiger partial charge in [0.25, 0.3) is 5.91 Å². The molecule has 3 heteroatoms. The van der Waals surface area contributed by atoms with Crippen molar-refractivity contribution in [1.82, 2.24) is 4.90 Å². The Bertz CT molecular complexity index is 617. The summed E-state index contributed by atoms with van der Waals surface area (Å²) < 4.78 is 5.70. The van der Waals surface area contributed by atoms with E-state index in [4.69, 9.17) is 4.74 Å². The summed E-state index contributed by atoms with van der Waals surface area (Å²) in [5, 5.41) is 0. The van der Waals surface area contributed by atoms with E-state index in [0.717, 1.165) is 5.56 Å². The lowest BCUT2D eigenvalue weighted by Crippen LogP contribution is -2.48. The second-order valence-corrected chi connectivity index (χ2v) is 6.74. The first-order chi connectivity index (χ1) is 10.9. The van der Waals surface area contributed by atoms with Crippen molar-refractivity contribution in [2.45, 2.75) is 33.5 Å². The summed E-state index contributed by atoms with van der Waals surface area (Å²) in [5.41, 5.74) is 1.58. The van der Waals surface area contributed by atoms with Gasteiger partial charge in [0, 0.05) is 24.6 Å². The maximum absolute atomic E-state index is 13.0. The molecule has 2 rings (SSSR count). The Morgan fingerprint density at radius 1 is 1.00 bits per heavy atom. The summed E-state index contributed by atoms with van der Waals surface area (Å²) in [7, 11) is 1.66. The fourth-order valence-electron chi connectivity index (χ4n) is 2.74. The van der Waals surface area contributed by atoms with E-state index in [1.54, 1.807) is 7.11 Å². The van der Waals surface area contributed by atoms with Crippen LogP contribution >= 0.6 is 0 Å². The molecular weight excluding hydrogens is 286 g/mol. The van der Waals surface area contributed by atoms with Crippen molar-refractivity contribution in [3.05, 3.63) is 71.8 Å². The van der Waals surface area contributed by atoms with E-state index in [-0.39, 0.29) is 17.6 Å². The molecular formula is C20H25NO2. The second-order valence-electron chi connectivity index (χ2n) is 6.74. The number of amides is 1. The van der Waals surface area contributed by atoms with Crippen molar-refractivity contribution in [3.63, 3.8) is 0 Å². The Balaban J connectivity index is 2.36. The molecule has 0 saturated carbocycles. The molecule has 1 atom stereocenters.